The van der Waals surface area contributed by atoms with Gasteiger partial charge in [-0.3, -0.25) is 9.59 Å². The number of esters is 1. The second kappa shape index (κ2) is 7.11. The molecule has 4 nitrogen and oxygen atoms in total. The van der Waals surface area contributed by atoms with E-state index in [0.29, 0.717) is 13.1 Å². The molecule has 0 unspecified atom stereocenters. The van der Waals surface area contributed by atoms with Gasteiger partial charge < -0.3 is 9.64 Å². The predicted octanol–water partition coefficient (Wildman–Crippen LogP) is 3.26. The number of carbonyl (C=O) groups excluding carboxylic acids is 2. The number of benzene rings is 1. The number of halogens is 1. The van der Waals surface area contributed by atoms with Crippen molar-refractivity contribution in [1.82, 2.24) is 4.90 Å². The topological polar surface area (TPSA) is 46.6 Å². The number of hydrogen-bond donors (Lipinski definition) is 0. The molecular formula is C18H24FNO3. The summed E-state index contributed by atoms with van der Waals surface area (Å²) in [7, 11) is 0. The van der Waals surface area contributed by atoms with Gasteiger partial charge in [0.05, 0.1) is 0 Å². The quantitative estimate of drug-likeness (QED) is 0.803. The normalized spacial score (nSPS) is 19.1. The van der Waals surface area contributed by atoms with Gasteiger partial charge in [0.15, 0.2) is 5.60 Å². The van der Waals surface area contributed by atoms with E-state index in [1.807, 2.05) is 0 Å². The molecule has 0 saturated carbocycles. The minimum Gasteiger partial charge on any atom is -0.450 e. The van der Waals surface area contributed by atoms with Gasteiger partial charge in [0.2, 0.25) is 0 Å². The summed E-state index contributed by atoms with van der Waals surface area (Å²) in [6.45, 7) is 5.76. The summed E-state index contributed by atoms with van der Waals surface area (Å²) in [6.07, 6.45) is 2.89. The third kappa shape index (κ3) is 4.53. The van der Waals surface area contributed by atoms with E-state index < -0.39 is 11.6 Å². The van der Waals surface area contributed by atoms with E-state index in [2.05, 4.69) is 0 Å². The van der Waals surface area contributed by atoms with E-state index in [9.17, 15) is 14.0 Å². The number of hydrogen-bond acceptors (Lipinski definition) is 3. The molecule has 5 heteroatoms. The van der Waals surface area contributed by atoms with Crippen molar-refractivity contribution in [3.05, 3.63) is 35.6 Å². The summed E-state index contributed by atoms with van der Waals surface area (Å²) in [4.78, 5) is 25.7. The van der Waals surface area contributed by atoms with Crippen molar-refractivity contribution < 1.29 is 18.7 Å². The molecule has 0 aromatic heterocycles. The fraction of sp³-hybridized carbons (Fsp3) is 0.556. The summed E-state index contributed by atoms with van der Waals surface area (Å²) in [5, 5.41) is 0. The minimum atomic E-state index is -1.16. The van der Waals surface area contributed by atoms with Crippen LogP contribution in [-0.4, -0.2) is 35.5 Å². The SMILES string of the molecule is CC(=O)OC(C)(C)C(=O)N1CCCC[C@H](c2ccc(F)cc2)C1. The maximum atomic E-state index is 13.1. The Balaban J connectivity index is 2.14. The van der Waals surface area contributed by atoms with Crippen LogP contribution in [-0.2, 0) is 14.3 Å². The van der Waals surface area contributed by atoms with Gasteiger partial charge in [-0.05, 0) is 44.4 Å². The van der Waals surface area contributed by atoms with Crippen LogP contribution in [0, 0.1) is 5.82 Å². The van der Waals surface area contributed by atoms with Crippen molar-refractivity contribution in [2.75, 3.05) is 13.1 Å². The van der Waals surface area contributed by atoms with Gasteiger partial charge in [-0.15, -0.1) is 0 Å². The number of amides is 1. The molecule has 0 spiro atoms. The molecule has 1 saturated heterocycles. The summed E-state index contributed by atoms with van der Waals surface area (Å²) in [5.41, 5.74) is -0.125. The highest BCUT2D eigenvalue weighted by Gasteiger charge is 2.36. The second-order valence-electron chi connectivity index (χ2n) is 6.60. The zero-order chi connectivity index (χ0) is 17.0. The summed E-state index contributed by atoms with van der Waals surface area (Å²) in [5.74, 6) is -0.726. The molecule has 1 atom stereocenters. The van der Waals surface area contributed by atoms with Crippen molar-refractivity contribution in [3.8, 4) is 0 Å². The highest BCUT2D eigenvalue weighted by Crippen LogP contribution is 2.28. The fourth-order valence-corrected chi connectivity index (χ4v) is 3.12. The number of nitrogens with zero attached hydrogens (tertiary/aromatic N) is 1. The molecule has 0 radical (unpaired) electrons. The Morgan fingerprint density at radius 1 is 1.22 bits per heavy atom. The van der Waals surface area contributed by atoms with Gasteiger partial charge in [0.1, 0.15) is 5.82 Å². The van der Waals surface area contributed by atoms with Crippen LogP contribution in [0.3, 0.4) is 0 Å². The Hall–Kier alpha value is -1.91. The van der Waals surface area contributed by atoms with E-state index in [-0.39, 0.29) is 17.6 Å². The number of rotatable bonds is 3. The standard InChI is InChI=1S/C18H24FNO3/c1-13(21)23-18(2,3)17(22)20-11-5-4-6-15(12-20)14-7-9-16(19)10-8-14/h7-10,15H,4-6,11-12H2,1-3H3/t15-/m0/s1. The smallest absolute Gasteiger partial charge is 0.303 e. The predicted molar refractivity (Wildman–Crippen MR) is 85.4 cm³/mol. The molecule has 1 aromatic rings. The third-order valence-electron chi connectivity index (χ3n) is 4.21. The van der Waals surface area contributed by atoms with E-state index in [1.54, 1.807) is 30.9 Å². The van der Waals surface area contributed by atoms with Gasteiger partial charge >= 0.3 is 5.97 Å². The molecule has 126 valence electrons. The molecule has 2 rings (SSSR count). The van der Waals surface area contributed by atoms with Crippen LogP contribution in [0.25, 0.3) is 0 Å². The summed E-state index contributed by atoms with van der Waals surface area (Å²) in [6, 6.07) is 6.47. The lowest BCUT2D eigenvalue weighted by molar-refractivity contribution is -0.168. The monoisotopic (exact) mass is 321 g/mol. The van der Waals surface area contributed by atoms with E-state index in [4.69, 9.17) is 4.74 Å². The zero-order valence-electron chi connectivity index (χ0n) is 14.0. The number of likely N-dealkylation sites (tertiary alicyclic amines) is 1. The minimum absolute atomic E-state index is 0.176. The van der Waals surface area contributed by atoms with E-state index in [0.717, 1.165) is 24.8 Å². The molecular weight excluding hydrogens is 297 g/mol. The Kier molecular flexibility index (Phi) is 5.39. The first-order chi connectivity index (χ1) is 10.8. The first kappa shape index (κ1) is 17.4. The molecule has 1 fully saturated rings. The highest BCUT2D eigenvalue weighted by atomic mass is 19.1. The maximum absolute atomic E-state index is 13.1. The van der Waals surface area contributed by atoms with Crippen molar-refractivity contribution in [2.45, 2.75) is 51.6 Å². The Labute approximate surface area is 136 Å². The second-order valence-corrected chi connectivity index (χ2v) is 6.60. The van der Waals surface area contributed by atoms with Gasteiger partial charge in [0, 0.05) is 25.9 Å². The first-order valence-corrected chi connectivity index (χ1v) is 8.04. The van der Waals surface area contributed by atoms with Gasteiger partial charge in [-0.2, -0.15) is 0 Å². The maximum Gasteiger partial charge on any atom is 0.303 e. The van der Waals surface area contributed by atoms with Crippen molar-refractivity contribution in [3.63, 3.8) is 0 Å². The van der Waals surface area contributed by atoms with Crippen molar-refractivity contribution >= 4 is 11.9 Å². The van der Waals surface area contributed by atoms with Gasteiger partial charge in [-0.1, -0.05) is 18.6 Å². The average Bonchev–Trinajstić information content (AvgIpc) is 2.72. The molecule has 1 heterocycles. The average molecular weight is 321 g/mol. The van der Waals surface area contributed by atoms with Gasteiger partial charge in [0.25, 0.3) is 5.91 Å². The molecule has 0 bridgehead atoms. The Morgan fingerprint density at radius 2 is 1.87 bits per heavy atom. The Morgan fingerprint density at radius 3 is 2.48 bits per heavy atom. The van der Waals surface area contributed by atoms with E-state index >= 15 is 0 Å². The molecule has 0 N–H and O–H groups in total. The molecule has 0 aliphatic carbocycles. The number of ether oxygens (including phenoxy) is 1. The fourth-order valence-electron chi connectivity index (χ4n) is 3.12. The molecule has 1 amide bonds. The van der Waals surface area contributed by atoms with Crippen LogP contribution < -0.4 is 0 Å². The molecule has 1 aromatic carbocycles. The van der Waals surface area contributed by atoms with Crippen LogP contribution in [0.15, 0.2) is 24.3 Å². The molecule has 1 aliphatic heterocycles. The van der Waals surface area contributed by atoms with Gasteiger partial charge in [-0.25, -0.2) is 4.39 Å². The highest BCUT2D eigenvalue weighted by molar-refractivity contribution is 5.86. The lowest BCUT2D eigenvalue weighted by Crippen LogP contribution is -2.48. The summed E-state index contributed by atoms with van der Waals surface area (Å²) >= 11 is 0. The van der Waals surface area contributed by atoms with Crippen LogP contribution in [0.2, 0.25) is 0 Å². The first-order valence-electron chi connectivity index (χ1n) is 8.04. The van der Waals surface area contributed by atoms with Crippen LogP contribution in [0.5, 0.6) is 0 Å². The van der Waals surface area contributed by atoms with Crippen LogP contribution >= 0.6 is 0 Å². The molecule has 1 aliphatic rings. The third-order valence-corrected chi connectivity index (χ3v) is 4.21. The van der Waals surface area contributed by atoms with Crippen molar-refractivity contribution in [2.24, 2.45) is 0 Å². The zero-order valence-corrected chi connectivity index (χ0v) is 14.0. The molecule has 23 heavy (non-hydrogen) atoms. The summed E-state index contributed by atoms with van der Waals surface area (Å²) < 4.78 is 18.3. The van der Waals surface area contributed by atoms with E-state index in [1.165, 1.54) is 19.1 Å². The number of carbonyl (C=O) groups is 2. The lowest BCUT2D eigenvalue weighted by Gasteiger charge is -2.32. The Bertz CT molecular complexity index is 568. The lowest BCUT2D eigenvalue weighted by atomic mass is 9.94. The van der Waals surface area contributed by atoms with Crippen LogP contribution in [0.4, 0.5) is 4.39 Å². The van der Waals surface area contributed by atoms with Crippen molar-refractivity contribution in [1.29, 1.82) is 0 Å². The largest absolute Gasteiger partial charge is 0.450 e. The van der Waals surface area contributed by atoms with Crippen LogP contribution in [0.1, 0.15) is 51.5 Å².